The Bertz CT molecular complexity index is 420. The zero-order valence-corrected chi connectivity index (χ0v) is 11.6. The van der Waals surface area contributed by atoms with Crippen LogP contribution in [0.25, 0.3) is 0 Å². The van der Waals surface area contributed by atoms with Crippen LogP contribution in [0, 0.1) is 13.8 Å². The van der Waals surface area contributed by atoms with E-state index in [1.165, 1.54) is 7.11 Å². The third-order valence-corrected chi connectivity index (χ3v) is 2.83. The minimum atomic E-state index is -0.195. The molecule has 0 fully saturated rings. The summed E-state index contributed by atoms with van der Waals surface area (Å²) in [6, 6.07) is 0. The Labute approximate surface area is 112 Å². The molecule has 1 heterocycles. The second-order valence-electron chi connectivity index (χ2n) is 4.34. The van der Waals surface area contributed by atoms with Crippen LogP contribution < -0.4 is 5.32 Å². The highest BCUT2D eigenvalue weighted by atomic mass is 16.5. The van der Waals surface area contributed by atoms with E-state index < -0.39 is 0 Å². The number of hydrogen-bond acceptors (Lipinski definition) is 5. The highest BCUT2D eigenvalue weighted by molar-refractivity contribution is 5.96. The third-order valence-electron chi connectivity index (χ3n) is 2.83. The fraction of sp³-hybridized carbons (Fsp3) is 0.615. The largest absolute Gasteiger partial charge is 0.469 e. The number of aromatic nitrogens is 1. The lowest BCUT2D eigenvalue weighted by molar-refractivity contribution is -0.140. The van der Waals surface area contributed by atoms with Crippen molar-refractivity contribution in [1.29, 1.82) is 0 Å². The highest BCUT2D eigenvalue weighted by Gasteiger charge is 2.16. The summed E-state index contributed by atoms with van der Waals surface area (Å²) in [5.41, 5.74) is 1.11. The zero-order chi connectivity index (χ0) is 14.3. The van der Waals surface area contributed by atoms with Crippen LogP contribution in [0.4, 0.5) is 0 Å². The predicted octanol–water partition coefficient (Wildman–Crippen LogP) is 1.75. The van der Waals surface area contributed by atoms with Crippen LogP contribution in [-0.2, 0) is 9.53 Å². The molecule has 0 saturated heterocycles. The molecule has 6 heteroatoms. The molecule has 1 aromatic rings. The second kappa shape index (κ2) is 7.56. The first-order chi connectivity index (χ1) is 9.06. The first-order valence-corrected chi connectivity index (χ1v) is 6.34. The van der Waals surface area contributed by atoms with Crippen LogP contribution in [-0.4, -0.2) is 30.7 Å². The second-order valence-corrected chi connectivity index (χ2v) is 4.34. The summed E-state index contributed by atoms with van der Waals surface area (Å²) in [6.07, 6.45) is 2.89. The first-order valence-electron chi connectivity index (χ1n) is 6.34. The van der Waals surface area contributed by atoms with Gasteiger partial charge in [-0.2, -0.15) is 0 Å². The summed E-state index contributed by atoms with van der Waals surface area (Å²) in [5.74, 6) is 0.171. The lowest BCUT2D eigenvalue weighted by Gasteiger charge is -2.04. The number of nitrogens with one attached hydrogen (secondary N) is 1. The number of hydrogen-bond donors (Lipinski definition) is 1. The quantitative estimate of drug-likeness (QED) is 0.602. The predicted molar refractivity (Wildman–Crippen MR) is 68.8 cm³/mol. The molecule has 0 aliphatic heterocycles. The summed E-state index contributed by atoms with van der Waals surface area (Å²) in [7, 11) is 1.38. The van der Waals surface area contributed by atoms with Gasteiger partial charge in [-0.15, -0.1) is 0 Å². The molecule has 0 saturated carbocycles. The molecular weight excluding hydrogens is 248 g/mol. The van der Waals surface area contributed by atoms with Crippen molar-refractivity contribution in [2.45, 2.75) is 39.5 Å². The number of amides is 1. The summed E-state index contributed by atoms with van der Waals surface area (Å²) in [6.45, 7) is 4.02. The van der Waals surface area contributed by atoms with Crippen LogP contribution >= 0.6 is 0 Å². The van der Waals surface area contributed by atoms with E-state index in [1.807, 2.05) is 0 Å². The molecule has 1 N–H and O–H groups in total. The van der Waals surface area contributed by atoms with Crippen LogP contribution in [0.2, 0.25) is 0 Å². The Balaban J connectivity index is 2.20. The molecule has 1 aromatic heterocycles. The normalized spacial score (nSPS) is 10.3. The average molecular weight is 268 g/mol. The SMILES string of the molecule is COC(=O)CCCCCNC(=O)c1c(C)noc1C. The van der Waals surface area contributed by atoms with Gasteiger partial charge in [-0.1, -0.05) is 11.6 Å². The van der Waals surface area contributed by atoms with E-state index in [0.717, 1.165) is 19.3 Å². The van der Waals surface area contributed by atoms with Gasteiger partial charge in [-0.05, 0) is 26.7 Å². The Morgan fingerprint density at radius 2 is 2.00 bits per heavy atom. The van der Waals surface area contributed by atoms with E-state index in [0.29, 0.717) is 30.0 Å². The minimum absolute atomic E-state index is 0.163. The lowest BCUT2D eigenvalue weighted by Crippen LogP contribution is -2.25. The maximum absolute atomic E-state index is 11.8. The fourth-order valence-corrected chi connectivity index (χ4v) is 1.77. The van der Waals surface area contributed by atoms with Gasteiger partial charge in [0.15, 0.2) is 0 Å². The van der Waals surface area contributed by atoms with Crippen LogP contribution in [0.3, 0.4) is 0 Å². The topological polar surface area (TPSA) is 81.4 Å². The molecular formula is C13H20N2O4. The van der Waals surface area contributed by atoms with Crippen molar-refractivity contribution in [3.63, 3.8) is 0 Å². The Morgan fingerprint density at radius 3 is 2.58 bits per heavy atom. The lowest BCUT2D eigenvalue weighted by atomic mass is 10.1. The smallest absolute Gasteiger partial charge is 0.305 e. The standard InChI is InChI=1S/C13H20N2O4/c1-9-12(10(2)19-15-9)13(17)14-8-6-4-5-7-11(16)18-3/h4-8H2,1-3H3,(H,14,17). The Kier molecular flexibility index (Phi) is 6.05. The van der Waals surface area contributed by atoms with Gasteiger partial charge in [-0.25, -0.2) is 0 Å². The molecule has 0 radical (unpaired) electrons. The molecule has 0 aliphatic rings. The molecule has 0 bridgehead atoms. The molecule has 0 spiro atoms. The van der Waals surface area contributed by atoms with Crippen molar-refractivity contribution in [3.05, 3.63) is 17.0 Å². The number of rotatable bonds is 7. The number of esters is 1. The van der Waals surface area contributed by atoms with Gasteiger partial charge in [0.2, 0.25) is 0 Å². The summed E-state index contributed by atoms with van der Waals surface area (Å²) in [4.78, 5) is 22.7. The average Bonchev–Trinajstić information content (AvgIpc) is 2.72. The summed E-state index contributed by atoms with van der Waals surface area (Å²) in [5, 5.41) is 6.55. The van der Waals surface area contributed by atoms with Gasteiger partial charge in [0.1, 0.15) is 11.3 Å². The van der Waals surface area contributed by atoms with Crippen LogP contribution in [0.1, 0.15) is 47.5 Å². The number of ether oxygens (including phenoxy) is 1. The van der Waals surface area contributed by atoms with Crippen molar-refractivity contribution in [2.24, 2.45) is 0 Å². The number of aryl methyl sites for hydroxylation is 2. The van der Waals surface area contributed by atoms with E-state index in [4.69, 9.17) is 4.52 Å². The fourth-order valence-electron chi connectivity index (χ4n) is 1.77. The van der Waals surface area contributed by atoms with Gasteiger partial charge in [0.25, 0.3) is 5.91 Å². The van der Waals surface area contributed by atoms with Gasteiger partial charge in [-0.3, -0.25) is 9.59 Å². The molecule has 19 heavy (non-hydrogen) atoms. The maximum Gasteiger partial charge on any atom is 0.305 e. The van der Waals surface area contributed by atoms with Gasteiger partial charge in [0.05, 0.1) is 12.8 Å². The third kappa shape index (κ3) is 4.73. The molecule has 106 valence electrons. The Hall–Kier alpha value is -1.85. The number of unbranched alkanes of at least 4 members (excludes halogenated alkanes) is 2. The number of carbonyl (C=O) groups is 2. The molecule has 1 amide bonds. The first kappa shape index (κ1) is 15.2. The number of carbonyl (C=O) groups excluding carboxylic acids is 2. The molecule has 0 unspecified atom stereocenters. The molecule has 6 nitrogen and oxygen atoms in total. The number of methoxy groups -OCH3 is 1. The zero-order valence-electron chi connectivity index (χ0n) is 11.6. The van der Waals surface area contributed by atoms with E-state index in [1.54, 1.807) is 13.8 Å². The van der Waals surface area contributed by atoms with Crippen molar-refractivity contribution in [3.8, 4) is 0 Å². The Morgan fingerprint density at radius 1 is 1.26 bits per heavy atom. The van der Waals surface area contributed by atoms with Gasteiger partial charge in [0, 0.05) is 13.0 Å². The molecule has 1 rings (SSSR count). The van der Waals surface area contributed by atoms with E-state index in [2.05, 4.69) is 15.2 Å². The van der Waals surface area contributed by atoms with E-state index in [9.17, 15) is 9.59 Å². The minimum Gasteiger partial charge on any atom is -0.469 e. The monoisotopic (exact) mass is 268 g/mol. The molecule has 0 atom stereocenters. The maximum atomic E-state index is 11.8. The van der Waals surface area contributed by atoms with E-state index in [-0.39, 0.29) is 11.9 Å². The van der Waals surface area contributed by atoms with Crippen molar-refractivity contribution < 1.29 is 18.8 Å². The van der Waals surface area contributed by atoms with Crippen LogP contribution in [0.5, 0.6) is 0 Å². The molecule has 0 aromatic carbocycles. The van der Waals surface area contributed by atoms with Gasteiger partial charge >= 0.3 is 5.97 Å². The van der Waals surface area contributed by atoms with Crippen molar-refractivity contribution >= 4 is 11.9 Å². The number of nitrogens with zero attached hydrogens (tertiary/aromatic N) is 1. The van der Waals surface area contributed by atoms with E-state index >= 15 is 0 Å². The van der Waals surface area contributed by atoms with Crippen LogP contribution in [0.15, 0.2) is 4.52 Å². The summed E-state index contributed by atoms with van der Waals surface area (Å²) >= 11 is 0. The summed E-state index contributed by atoms with van der Waals surface area (Å²) < 4.78 is 9.48. The highest BCUT2D eigenvalue weighted by Crippen LogP contribution is 2.11. The van der Waals surface area contributed by atoms with Crippen molar-refractivity contribution in [1.82, 2.24) is 10.5 Å². The molecule has 0 aliphatic carbocycles. The van der Waals surface area contributed by atoms with Gasteiger partial charge < -0.3 is 14.6 Å². The van der Waals surface area contributed by atoms with Crippen molar-refractivity contribution in [2.75, 3.05) is 13.7 Å².